The Kier molecular flexibility index (Phi) is 6.81. The molecule has 0 bridgehead atoms. The summed E-state index contributed by atoms with van der Waals surface area (Å²) in [5, 5.41) is 13.9. The Bertz CT molecular complexity index is 1660. The number of aliphatic hydroxyl groups is 1. The summed E-state index contributed by atoms with van der Waals surface area (Å²) in [6, 6.07) is 13.9. The minimum absolute atomic E-state index is 0.149. The minimum Gasteiger partial charge on any atom is -0.394 e. The number of nitrogens with one attached hydrogen (secondary N) is 1. The highest BCUT2D eigenvalue weighted by Crippen LogP contribution is 2.26. The van der Waals surface area contributed by atoms with Gasteiger partial charge in [0.15, 0.2) is 9.84 Å². The maximum absolute atomic E-state index is 13.4. The summed E-state index contributed by atoms with van der Waals surface area (Å²) in [5.41, 5.74) is 4.14. The smallest absolute Gasteiger partial charge is 0.251 e. The normalized spacial score (nSPS) is 14.1. The number of pyridine rings is 1. The molecule has 0 spiro atoms. The van der Waals surface area contributed by atoms with Gasteiger partial charge in [0.1, 0.15) is 6.67 Å². The molecule has 1 atom stereocenters. The fourth-order valence-electron chi connectivity index (χ4n) is 4.23. The maximum atomic E-state index is 13.4. The van der Waals surface area contributed by atoms with E-state index in [1.54, 1.807) is 24.3 Å². The molecule has 2 aromatic heterocycles. The molecule has 0 radical (unpaired) electrons. The van der Waals surface area contributed by atoms with E-state index in [0.29, 0.717) is 17.0 Å². The van der Waals surface area contributed by atoms with E-state index in [1.165, 1.54) is 6.07 Å². The van der Waals surface area contributed by atoms with E-state index in [4.69, 9.17) is 15.7 Å². The van der Waals surface area contributed by atoms with Crippen LogP contribution in [0.25, 0.3) is 10.9 Å². The number of aliphatic hydroxyl groups excluding tert-OH is 1. The number of benzene rings is 2. The van der Waals surface area contributed by atoms with Crippen molar-refractivity contribution >= 4 is 38.2 Å². The molecule has 0 aliphatic rings. The number of rotatable bonds is 9. The topological polar surface area (TPSA) is 101 Å². The minimum atomic E-state index is -4.59. The van der Waals surface area contributed by atoms with E-state index < -0.39 is 46.1 Å². The number of alkyl halides is 1. The number of hydrogen-bond acceptors (Lipinski definition) is 5. The van der Waals surface area contributed by atoms with Crippen LogP contribution in [0.4, 0.5) is 4.39 Å². The third kappa shape index (κ3) is 6.01. The number of fused-ring (bicyclic) bond motifs is 1. The first-order chi connectivity index (χ1) is 18.8. The average Bonchev–Trinajstić information content (AvgIpc) is 3.24. The maximum Gasteiger partial charge on any atom is 0.251 e. The fraction of sp³-hybridized carbons (Fsp3) is 0.259. The molecule has 7 nitrogen and oxygen atoms in total. The summed E-state index contributed by atoms with van der Waals surface area (Å²) in [6.45, 7) is 1.01. The Morgan fingerprint density at radius 1 is 1.22 bits per heavy atom. The molecule has 0 aliphatic heterocycles. The van der Waals surface area contributed by atoms with E-state index in [9.17, 15) is 22.7 Å². The Morgan fingerprint density at radius 3 is 2.68 bits per heavy atom. The lowest BCUT2D eigenvalue weighted by Crippen LogP contribution is -2.31. The van der Waals surface area contributed by atoms with Crippen molar-refractivity contribution in [3.05, 3.63) is 93.9 Å². The summed E-state index contributed by atoms with van der Waals surface area (Å²) in [5.74, 6) is -0.518. The molecule has 0 saturated carbocycles. The van der Waals surface area contributed by atoms with Crippen LogP contribution >= 0.6 is 11.6 Å². The van der Waals surface area contributed by atoms with Crippen LogP contribution in [0.3, 0.4) is 0 Å². The number of aryl methyl sites for hydroxylation is 2. The number of sulfone groups is 1. The average molecular weight is 547 g/mol. The second-order valence-electron chi connectivity index (χ2n) is 8.63. The number of halogens is 2. The van der Waals surface area contributed by atoms with Crippen molar-refractivity contribution in [3.63, 3.8) is 0 Å². The molecular weight excluding hydrogens is 517 g/mol. The van der Waals surface area contributed by atoms with E-state index in [2.05, 4.69) is 10.3 Å². The molecule has 0 unspecified atom stereocenters. The van der Waals surface area contributed by atoms with Crippen LogP contribution < -0.4 is 5.32 Å². The van der Waals surface area contributed by atoms with Gasteiger partial charge in [0, 0.05) is 50.1 Å². The number of carbonyl (C=O) groups excluding carboxylic acids is 1. The SMILES string of the molecule is [2H]C([2H])([2H])S(=O)(=O)c1ccc([C@H](CO)NC(=O)c2ccc3c(c2)cc(Cc2ccc(Cl)cc2C)n3CCF)nc1. The highest BCUT2D eigenvalue weighted by atomic mass is 35.5. The summed E-state index contributed by atoms with van der Waals surface area (Å²) >= 11 is 6.08. The van der Waals surface area contributed by atoms with E-state index in [0.717, 1.165) is 40.0 Å². The predicted molar refractivity (Wildman–Crippen MR) is 142 cm³/mol. The standard InChI is InChI=1S/C27H27ClFN3O4S/c1-17-11-21(28)5-3-18(17)13-22-14-20-12-19(4-8-26(20)32(22)10-9-29)27(34)31-25(16-33)24-7-6-23(15-30-24)37(2,35)36/h3-8,11-12,14-15,25,33H,9-10,13,16H2,1-2H3,(H,31,34)/t25-/m0/s1/i2D3. The molecule has 4 rings (SSSR count). The fourth-order valence-corrected chi connectivity index (χ4v) is 4.89. The Labute approximate surface area is 224 Å². The van der Waals surface area contributed by atoms with Gasteiger partial charge < -0.3 is 15.0 Å². The zero-order valence-corrected chi connectivity index (χ0v) is 21.5. The summed E-state index contributed by atoms with van der Waals surface area (Å²) in [6.07, 6.45) is -1.81. The molecule has 2 N–H and O–H groups in total. The number of hydrogen-bond donors (Lipinski definition) is 2. The molecule has 0 fully saturated rings. The van der Waals surface area contributed by atoms with Crippen molar-refractivity contribution in [1.29, 1.82) is 0 Å². The number of aromatic nitrogens is 2. The van der Waals surface area contributed by atoms with Crippen molar-refractivity contribution < 1.29 is 26.8 Å². The molecule has 4 aromatic rings. The number of nitrogens with zero attached hydrogens (tertiary/aromatic N) is 2. The molecular formula is C27H27ClFN3O4S. The molecule has 0 aliphatic carbocycles. The van der Waals surface area contributed by atoms with Crippen LogP contribution in [-0.2, 0) is 22.8 Å². The summed E-state index contributed by atoms with van der Waals surface area (Å²) in [7, 11) is -4.59. The van der Waals surface area contributed by atoms with Crippen molar-refractivity contribution in [1.82, 2.24) is 14.9 Å². The van der Waals surface area contributed by atoms with Gasteiger partial charge in [0.2, 0.25) is 0 Å². The van der Waals surface area contributed by atoms with Gasteiger partial charge in [0.05, 0.1) is 29.8 Å². The quantitative estimate of drug-likeness (QED) is 0.323. The zero-order chi connectivity index (χ0) is 29.2. The van der Waals surface area contributed by atoms with Crippen LogP contribution in [0.15, 0.2) is 65.7 Å². The van der Waals surface area contributed by atoms with Crippen LogP contribution in [0.1, 0.15) is 43.0 Å². The van der Waals surface area contributed by atoms with E-state index in [-0.39, 0.29) is 12.2 Å². The third-order valence-corrected chi connectivity index (χ3v) is 7.25. The lowest BCUT2D eigenvalue weighted by Gasteiger charge is -2.16. The van der Waals surface area contributed by atoms with Crippen LogP contribution in [0, 0.1) is 6.92 Å². The van der Waals surface area contributed by atoms with Gasteiger partial charge in [-0.3, -0.25) is 9.78 Å². The Morgan fingerprint density at radius 2 is 2.03 bits per heavy atom. The van der Waals surface area contributed by atoms with Crippen LogP contribution in [0.2, 0.25) is 5.02 Å². The molecule has 2 heterocycles. The van der Waals surface area contributed by atoms with Gasteiger partial charge in [-0.05, 0) is 66.6 Å². The van der Waals surface area contributed by atoms with Gasteiger partial charge in [-0.15, -0.1) is 0 Å². The van der Waals surface area contributed by atoms with Crippen molar-refractivity contribution in [2.24, 2.45) is 0 Å². The Hall–Kier alpha value is -3.27. The van der Waals surface area contributed by atoms with Gasteiger partial charge in [-0.25, -0.2) is 12.8 Å². The number of carbonyl (C=O) groups is 1. The largest absolute Gasteiger partial charge is 0.394 e. The predicted octanol–water partition coefficient (Wildman–Crippen LogP) is 4.43. The second-order valence-corrected chi connectivity index (χ2v) is 10.5. The second kappa shape index (κ2) is 11.0. The van der Waals surface area contributed by atoms with E-state index >= 15 is 0 Å². The van der Waals surface area contributed by atoms with Crippen molar-refractivity contribution in [3.8, 4) is 0 Å². The van der Waals surface area contributed by atoms with Crippen molar-refractivity contribution in [2.45, 2.75) is 30.8 Å². The van der Waals surface area contributed by atoms with E-state index in [1.807, 2.05) is 29.7 Å². The molecule has 2 aromatic carbocycles. The zero-order valence-electron chi connectivity index (χ0n) is 22.9. The molecule has 37 heavy (non-hydrogen) atoms. The summed E-state index contributed by atoms with van der Waals surface area (Å²) in [4.78, 5) is 16.5. The lowest BCUT2D eigenvalue weighted by atomic mass is 10.0. The third-order valence-electron chi connectivity index (χ3n) is 6.15. The molecule has 194 valence electrons. The van der Waals surface area contributed by atoms with Crippen LogP contribution in [0.5, 0.6) is 0 Å². The molecule has 1 amide bonds. The van der Waals surface area contributed by atoms with Gasteiger partial charge in [0.25, 0.3) is 5.91 Å². The van der Waals surface area contributed by atoms with Crippen LogP contribution in [-0.4, -0.2) is 48.4 Å². The Balaban J connectivity index is 1.58. The van der Waals surface area contributed by atoms with Crippen molar-refractivity contribution in [2.75, 3.05) is 19.5 Å². The first kappa shape index (κ1) is 22.9. The highest BCUT2D eigenvalue weighted by molar-refractivity contribution is 7.90. The molecule has 0 saturated heterocycles. The first-order valence-electron chi connectivity index (χ1n) is 12.9. The number of amides is 1. The van der Waals surface area contributed by atoms with Gasteiger partial charge >= 0.3 is 0 Å². The summed E-state index contributed by atoms with van der Waals surface area (Å²) < 4.78 is 61.2. The highest BCUT2D eigenvalue weighted by Gasteiger charge is 2.19. The first-order valence-corrected chi connectivity index (χ1v) is 13.3. The van der Waals surface area contributed by atoms with Gasteiger partial charge in [-0.2, -0.15) is 0 Å². The van der Waals surface area contributed by atoms with Gasteiger partial charge in [-0.1, -0.05) is 17.7 Å². The molecule has 10 heteroatoms. The lowest BCUT2D eigenvalue weighted by molar-refractivity contribution is 0.0914. The monoisotopic (exact) mass is 546 g/mol.